The van der Waals surface area contributed by atoms with Crippen molar-refractivity contribution in [2.24, 2.45) is 5.92 Å². The van der Waals surface area contributed by atoms with E-state index in [1.165, 1.54) is 11.3 Å². The van der Waals surface area contributed by atoms with Crippen LogP contribution in [-0.4, -0.2) is 38.0 Å². The molecule has 0 unspecified atom stereocenters. The maximum atomic E-state index is 12.9. The predicted octanol–water partition coefficient (Wildman–Crippen LogP) is 5.49. The Balaban J connectivity index is 1.41. The molecule has 0 atom stereocenters. The molecule has 0 saturated heterocycles. The summed E-state index contributed by atoms with van der Waals surface area (Å²) < 4.78 is 38.6. The number of hydrogen-bond donors (Lipinski definition) is 2. The Labute approximate surface area is 171 Å². The Kier molecular flexibility index (Phi) is 5.45. The van der Waals surface area contributed by atoms with Crippen LogP contribution in [0, 0.1) is 5.92 Å². The molecule has 0 spiro atoms. The third-order valence-electron chi connectivity index (χ3n) is 6.13. The summed E-state index contributed by atoms with van der Waals surface area (Å²) in [5.74, 6) is -0.968. The van der Waals surface area contributed by atoms with Crippen LogP contribution in [0.3, 0.4) is 0 Å². The van der Waals surface area contributed by atoms with Crippen LogP contribution in [0.5, 0.6) is 0 Å². The molecule has 1 aliphatic heterocycles. The highest BCUT2D eigenvalue weighted by molar-refractivity contribution is 7.15. The molecule has 5 nitrogen and oxygen atoms in total. The van der Waals surface area contributed by atoms with Gasteiger partial charge in [0.2, 0.25) is 0 Å². The number of aromatic nitrogens is 1. The van der Waals surface area contributed by atoms with Gasteiger partial charge >= 0.3 is 6.18 Å². The lowest BCUT2D eigenvalue weighted by Gasteiger charge is -2.30. The van der Waals surface area contributed by atoms with Crippen LogP contribution in [0.2, 0.25) is 0 Å². The van der Waals surface area contributed by atoms with Gasteiger partial charge in [-0.3, -0.25) is 0 Å². The van der Waals surface area contributed by atoms with Gasteiger partial charge in [0.1, 0.15) is 5.01 Å². The summed E-state index contributed by atoms with van der Waals surface area (Å²) in [6.45, 7) is 2.68. The highest BCUT2D eigenvalue weighted by Gasteiger charge is 2.41. The van der Waals surface area contributed by atoms with Gasteiger partial charge in [0.05, 0.1) is 24.7 Å². The Morgan fingerprint density at radius 2 is 1.76 bits per heavy atom. The molecule has 2 aliphatic rings. The largest absolute Gasteiger partial charge is 0.391 e. The zero-order valence-corrected chi connectivity index (χ0v) is 17.0. The normalized spacial score (nSPS) is 23.4. The SMILES string of the molecule is CC[N+](O)(O)N1Cc2nc(-c3ccc(C4CCC(C(F)(F)F)CC4)cc3)sc2C1. The number of hydroxylamine groups is 2. The molecular weight excluding hydrogens is 403 g/mol. The lowest BCUT2D eigenvalue weighted by molar-refractivity contribution is -1.32. The van der Waals surface area contributed by atoms with Gasteiger partial charge in [0, 0.05) is 15.4 Å². The molecule has 158 valence electrons. The van der Waals surface area contributed by atoms with E-state index in [-0.39, 0.29) is 25.3 Å². The topological polar surface area (TPSA) is 56.6 Å². The number of fused-ring (bicyclic) bond motifs is 1. The first-order valence-corrected chi connectivity index (χ1v) is 10.7. The second-order valence-corrected chi connectivity index (χ2v) is 9.02. The van der Waals surface area contributed by atoms with Crippen molar-refractivity contribution in [1.29, 1.82) is 0 Å². The van der Waals surface area contributed by atoms with Gasteiger partial charge in [-0.1, -0.05) is 29.3 Å². The number of nitrogens with zero attached hydrogens (tertiary/aromatic N) is 3. The van der Waals surface area contributed by atoms with Crippen molar-refractivity contribution in [3.63, 3.8) is 0 Å². The van der Waals surface area contributed by atoms with E-state index in [4.69, 9.17) is 0 Å². The van der Waals surface area contributed by atoms with Gasteiger partial charge in [0.15, 0.2) is 6.54 Å². The van der Waals surface area contributed by atoms with Gasteiger partial charge in [-0.15, -0.1) is 11.3 Å². The van der Waals surface area contributed by atoms with Crippen LogP contribution in [0.4, 0.5) is 13.2 Å². The number of hydrogen-bond acceptors (Lipinski definition) is 5. The molecule has 2 aromatic rings. The van der Waals surface area contributed by atoms with E-state index in [1.807, 2.05) is 24.3 Å². The minimum Gasteiger partial charge on any atom is -0.239 e. The Morgan fingerprint density at radius 1 is 1.10 bits per heavy atom. The lowest BCUT2D eigenvalue weighted by Crippen LogP contribution is -2.53. The summed E-state index contributed by atoms with van der Waals surface area (Å²) >= 11 is 1.54. The highest BCUT2D eigenvalue weighted by Crippen LogP contribution is 2.43. The molecule has 0 radical (unpaired) electrons. The molecule has 9 heteroatoms. The predicted molar refractivity (Wildman–Crippen MR) is 102 cm³/mol. The monoisotopic (exact) mass is 428 g/mol. The molecule has 2 N–H and O–H groups in total. The summed E-state index contributed by atoms with van der Waals surface area (Å²) in [7, 11) is 0. The third-order valence-corrected chi connectivity index (χ3v) is 7.26. The summed E-state index contributed by atoms with van der Waals surface area (Å²) in [5, 5.41) is 22.3. The van der Waals surface area contributed by atoms with E-state index in [0.29, 0.717) is 25.9 Å². The van der Waals surface area contributed by atoms with Crippen LogP contribution in [0.15, 0.2) is 24.3 Å². The van der Waals surface area contributed by atoms with E-state index in [1.54, 1.807) is 11.9 Å². The van der Waals surface area contributed by atoms with Crippen LogP contribution in [0.1, 0.15) is 54.7 Å². The summed E-state index contributed by atoms with van der Waals surface area (Å²) in [5.41, 5.74) is 2.93. The average Bonchev–Trinajstić information content (AvgIpc) is 3.27. The van der Waals surface area contributed by atoms with Crippen molar-refractivity contribution in [1.82, 2.24) is 9.99 Å². The van der Waals surface area contributed by atoms with Crippen LogP contribution in [-0.2, 0) is 13.1 Å². The molecule has 1 aliphatic carbocycles. The molecule has 1 aromatic carbocycles. The van der Waals surface area contributed by atoms with Crippen molar-refractivity contribution >= 4 is 11.3 Å². The Morgan fingerprint density at radius 3 is 2.31 bits per heavy atom. The number of benzene rings is 1. The fraction of sp³-hybridized carbons (Fsp3) is 0.550. The second-order valence-electron chi connectivity index (χ2n) is 7.93. The lowest BCUT2D eigenvalue weighted by atomic mass is 9.78. The van der Waals surface area contributed by atoms with Gasteiger partial charge in [-0.05, 0) is 44.1 Å². The van der Waals surface area contributed by atoms with Crippen molar-refractivity contribution in [3.8, 4) is 10.6 Å². The standard InChI is InChI=1S/C20H25F3N3O2S/c1-2-26(27,28)25-11-17-18(12-25)29-19(24-17)15-5-3-13(4-6-15)14-7-9-16(10-8-14)20(21,22)23/h3-6,14,16,27-28H,2,7-12H2,1H3/q+1. The Hall–Kier alpha value is -1.52. The minimum atomic E-state index is -4.07. The summed E-state index contributed by atoms with van der Waals surface area (Å²) in [6, 6.07) is 7.99. The zero-order chi connectivity index (χ0) is 20.8. The first kappa shape index (κ1) is 20.7. The zero-order valence-electron chi connectivity index (χ0n) is 16.2. The second kappa shape index (κ2) is 7.63. The molecule has 29 heavy (non-hydrogen) atoms. The molecule has 1 fully saturated rings. The number of alkyl halides is 3. The van der Waals surface area contributed by atoms with Gasteiger partial charge in [0.25, 0.3) is 0 Å². The number of thiazole rings is 1. The van der Waals surface area contributed by atoms with Crippen LogP contribution >= 0.6 is 11.3 Å². The number of halogens is 3. The fourth-order valence-electron chi connectivity index (χ4n) is 4.23. The van der Waals surface area contributed by atoms with E-state index >= 15 is 0 Å². The molecule has 1 saturated carbocycles. The summed E-state index contributed by atoms with van der Waals surface area (Å²) in [4.78, 5) is 4.54. The first-order chi connectivity index (χ1) is 13.7. The number of rotatable bonds is 4. The van der Waals surface area contributed by atoms with Gasteiger partial charge < -0.3 is 0 Å². The molecule has 1 aromatic heterocycles. The molecule has 0 bridgehead atoms. The molecule has 4 rings (SSSR count). The van der Waals surface area contributed by atoms with E-state index in [0.717, 1.165) is 26.7 Å². The highest BCUT2D eigenvalue weighted by atomic mass is 32.1. The molecule has 2 heterocycles. The van der Waals surface area contributed by atoms with E-state index in [9.17, 15) is 23.6 Å². The molecule has 0 amide bonds. The quantitative estimate of drug-likeness (QED) is 0.499. The van der Waals surface area contributed by atoms with Crippen molar-refractivity contribution < 1.29 is 28.5 Å². The number of quaternary nitrogens is 1. The average molecular weight is 429 g/mol. The van der Waals surface area contributed by atoms with Gasteiger partial charge in [-0.2, -0.15) is 23.6 Å². The first-order valence-electron chi connectivity index (χ1n) is 9.92. The smallest absolute Gasteiger partial charge is 0.239 e. The van der Waals surface area contributed by atoms with Crippen molar-refractivity contribution in [2.75, 3.05) is 6.54 Å². The van der Waals surface area contributed by atoms with Gasteiger partial charge in [-0.25, -0.2) is 4.98 Å². The third kappa shape index (κ3) is 4.20. The van der Waals surface area contributed by atoms with E-state index in [2.05, 4.69) is 4.98 Å². The van der Waals surface area contributed by atoms with Crippen molar-refractivity contribution in [2.45, 2.75) is 57.8 Å². The molecular formula is C20H25F3N3O2S+. The van der Waals surface area contributed by atoms with E-state index < -0.39 is 17.0 Å². The minimum absolute atomic E-state index is 0.161. The van der Waals surface area contributed by atoms with Crippen LogP contribution < -0.4 is 0 Å². The van der Waals surface area contributed by atoms with Crippen molar-refractivity contribution in [3.05, 3.63) is 40.4 Å². The van der Waals surface area contributed by atoms with Crippen LogP contribution in [0.25, 0.3) is 10.6 Å². The summed E-state index contributed by atoms with van der Waals surface area (Å²) in [6.07, 6.45) is -2.51. The maximum Gasteiger partial charge on any atom is 0.391 e. The fourth-order valence-corrected chi connectivity index (χ4v) is 5.31. The maximum absolute atomic E-state index is 12.9. The Bertz CT molecular complexity index is 835.